The van der Waals surface area contributed by atoms with Crippen molar-refractivity contribution in [2.75, 3.05) is 7.11 Å². The minimum absolute atomic E-state index is 0.507. The van der Waals surface area contributed by atoms with E-state index in [4.69, 9.17) is 10.5 Å². The summed E-state index contributed by atoms with van der Waals surface area (Å²) < 4.78 is 5.10. The maximum absolute atomic E-state index is 5.67. The van der Waals surface area contributed by atoms with Gasteiger partial charge in [0.2, 0.25) is 0 Å². The van der Waals surface area contributed by atoms with Crippen molar-refractivity contribution in [2.45, 2.75) is 6.54 Å². The van der Waals surface area contributed by atoms with E-state index < -0.39 is 0 Å². The second-order valence-corrected chi connectivity index (χ2v) is 3.84. The van der Waals surface area contributed by atoms with Crippen molar-refractivity contribution in [1.82, 2.24) is 0 Å². The van der Waals surface area contributed by atoms with Gasteiger partial charge in [-0.15, -0.1) is 0 Å². The van der Waals surface area contributed by atoms with Crippen LogP contribution in [0.15, 0.2) is 48.5 Å². The smallest absolute Gasteiger partial charge is 0.118 e. The molecule has 0 heterocycles. The summed E-state index contributed by atoms with van der Waals surface area (Å²) in [6.45, 7) is 0.507. The van der Waals surface area contributed by atoms with Crippen LogP contribution in [0.3, 0.4) is 0 Å². The molecule has 0 aliphatic heterocycles. The average molecular weight is 237 g/mol. The average Bonchev–Trinajstić information content (AvgIpc) is 2.46. The van der Waals surface area contributed by atoms with Gasteiger partial charge in [-0.2, -0.15) is 0 Å². The quantitative estimate of drug-likeness (QED) is 0.815. The van der Waals surface area contributed by atoms with Gasteiger partial charge in [-0.25, -0.2) is 0 Å². The molecule has 0 amide bonds. The summed E-state index contributed by atoms with van der Waals surface area (Å²) in [6.07, 6.45) is 0. The highest BCUT2D eigenvalue weighted by Gasteiger charge is 1.95. The minimum Gasteiger partial charge on any atom is -0.497 e. The summed E-state index contributed by atoms with van der Waals surface area (Å²) >= 11 is 0. The standard InChI is InChI=1S/C16H15NO/c1-18-16-10-7-13(8-11-16)6-9-14-4-2-3-5-15(14)12-17/h2-5,7-8,10-11H,12,17H2,1H3. The zero-order valence-corrected chi connectivity index (χ0v) is 10.3. The molecule has 0 radical (unpaired) electrons. The Morgan fingerprint density at radius 1 is 1.00 bits per heavy atom. The lowest BCUT2D eigenvalue weighted by Gasteiger charge is -2.00. The normalized spacial score (nSPS) is 9.44. The van der Waals surface area contributed by atoms with Crippen molar-refractivity contribution in [3.8, 4) is 17.6 Å². The second-order valence-electron chi connectivity index (χ2n) is 3.84. The largest absolute Gasteiger partial charge is 0.497 e. The van der Waals surface area contributed by atoms with E-state index >= 15 is 0 Å². The van der Waals surface area contributed by atoms with E-state index in [1.54, 1.807) is 7.11 Å². The predicted octanol–water partition coefficient (Wildman–Crippen LogP) is 2.55. The lowest BCUT2D eigenvalue weighted by Crippen LogP contribution is -1.98. The van der Waals surface area contributed by atoms with Gasteiger partial charge in [-0.3, -0.25) is 0 Å². The third kappa shape index (κ3) is 2.91. The van der Waals surface area contributed by atoms with Crippen LogP contribution in [0.25, 0.3) is 0 Å². The minimum atomic E-state index is 0.507. The number of benzene rings is 2. The highest BCUT2D eigenvalue weighted by Crippen LogP contribution is 2.11. The predicted molar refractivity (Wildman–Crippen MR) is 73.3 cm³/mol. The van der Waals surface area contributed by atoms with Crippen molar-refractivity contribution in [1.29, 1.82) is 0 Å². The molecule has 0 saturated carbocycles. The summed E-state index contributed by atoms with van der Waals surface area (Å²) in [6, 6.07) is 15.6. The molecular formula is C16H15NO. The van der Waals surface area contributed by atoms with E-state index in [1.807, 2.05) is 48.5 Å². The van der Waals surface area contributed by atoms with Crippen molar-refractivity contribution in [2.24, 2.45) is 5.73 Å². The van der Waals surface area contributed by atoms with Crippen LogP contribution in [-0.2, 0) is 6.54 Å². The van der Waals surface area contributed by atoms with Crippen LogP contribution in [0.1, 0.15) is 16.7 Å². The zero-order valence-electron chi connectivity index (χ0n) is 10.3. The summed E-state index contributed by atoms with van der Waals surface area (Å²) in [4.78, 5) is 0. The number of nitrogens with two attached hydrogens (primary N) is 1. The topological polar surface area (TPSA) is 35.2 Å². The molecule has 0 saturated heterocycles. The van der Waals surface area contributed by atoms with Gasteiger partial charge in [0, 0.05) is 17.7 Å². The van der Waals surface area contributed by atoms with Crippen LogP contribution < -0.4 is 10.5 Å². The van der Waals surface area contributed by atoms with Crippen LogP contribution in [0.4, 0.5) is 0 Å². The molecule has 0 spiro atoms. The summed E-state index contributed by atoms with van der Waals surface area (Å²) in [5.74, 6) is 7.11. The van der Waals surface area contributed by atoms with Crippen molar-refractivity contribution >= 4 is 0 Å². The first kappa shape index (κ1) is 12.2. The maximum atomic E-state index is 5.67. The molecule has 0 aliphatic carbocycles. The number of methoxy groups -OCH3 is 1. The first-order chi connectivity index (χ1) is 8.83. The molecule has 0 aromatic heterocycles. The Labute approximate surface area is 107 Å². The van der Waals surface area contributed by atoms with E-state index in [1.165, 1.54) is 0 Å². The number of ether oxygens (including phenoxy) is 1. The summed E-state index contributed by atoms with van der Waals surface area (Å²) in [7, 11) is 1.65. The van der Waals surface area contributed by atoms with Crippen LogP contribution in [0.5, 0.6) is 5.75 Å². The Morgan fingerprint density at radius 2 is 1.72 bits per heavy atom. The van der Waals surface area contributed by atoms with Gasteiger partial charge in [0.25, 0.3) is 0 Å². The van der Waals surface area contributed by atoms with Gasteiger partial charge in [0.1, 0.15) is 5.75 Å². The summed E-state index contributed by atoms with van der Waals surface area (Å²) in [5, 5.41) is 0. The first-order valence-corrected chi connectivity index (χ1v) is 5.77. The van der Waals surface area contributed by atoms with E-state index in [0.717, 1.165) is 22.4 Å². The van der Waals surface area contributed by atoms with Gasteiger partial charge in [-0.1, -0.05) is 30.0 Å². The van der Waals surface area contributed by atoms with Crippen molar-refractivity contribution in [3.63, 3.8) is 0 Å². The Morgan fingerprint density at radius 3 is 2.39 bits per heavy atom. The molecule has 2 heteroatoms. The molecule has 18 heavy (non-hydrogen) atoms. The van der Waals surface area contributed by atoms with Gasteiger partial charge in [-0.05, 0) is 35.9 Å². The zero-order chi connectivity index (χ0) is 12.8. The van der Waals surface area contributed by atoms with Gasteiger partial charge in [0.05, 0.1) is 7.11 Å². The fourth-order valence-corrected chi connectivity index (χ4v) is 1.63. The molecule has 2 N–H and O–H groups in total. The number of rotatable bonds is 2. The highest BCUT2D eigenvalue weighted by atomic mass is 16.5. The Hall–Kier alpha value is -2.24. The number of hydrogen-bond acceptors (Lipinski definition) is 2. The molecule has 0 atom stereocenters. The monoisotopic (exact) mass is 237 g/mol. The van der Waals surface area contributed by atoms with Crippen molar-refractivity contribution < 1.29 is 4.74 Å². The molecular weight excluding hydrogens is 222 g/mol. The van der Waals surface area contributed by atoms with Gasteiger partial charge >= 0.3 is 0 Å². The van der Waals surface area contributed by atoms with Crippen LogP contribution in [-0.4, -0.2) is 7.11 Å². The second kappa shape index (κ2) is 5.90. The van der Waals surface area contributed by atoms with Gasteiger partial charge in [0.15, 0.2) is 0 Å². The van der Waals surface area contributed by atoms with Crippen molar-refractivity contribution in [3.05, 3.63) is 65.2 Å². The van der Waals surface area contributed by atoms with Crippen LogP contribution >= 0.6 is 0 Å². The Bertz CT molecular complexity index is 576. The van der Waals surface area contributed by atoms with E-state index in [9.17, 15) is 0 Å². The van der Waals surface area contributed by atoms with Crippen LogP contribution in [0, 0.1) is 11.8 Å². The molecule has 2 nitrogen and oxygen atoms in total. The third-order valence-electron chi connectivity index (χ3n) is 2.67. The number of hydrogen-bond donors (Lipinski definition) is 1. The SMILES string of the molecule is COc1ccc(C#Cc2ccccc2CN)cc1. The molecule has 0 fully saturated rings. The molecule has 0 aliphatic rings. The molecule has 0 bridgehead atoms. The third-order valence-corrected chi connectivity index (χ3v) is 2.67. The molecule has 0 unspecified atom stereocenters. The first-order valence-electron chi connectivity index (χ1n) is 5.77. The molecule has 2 aromatic carbocycles. The van der Waals surface area contributed by atoms with E-state index in [2.05, 4.69) is 11.8 Å². The van der Waals surface area contributed by atoms with Crippen LogP contribution in [0.2, 0.25) is 0 Å². The Kier molecular flexibility index (Phi) is 4.01. The van der Waals surface area contributed by atoms with E-state index in [-0.39, 0.29) is 0 Å². The highest BCUT2D eigenvalue weighted by molar-refractivity contribution is 5.47. The Balaban J connectivity index is 2.25. The van der Waals surface area contributed by atoms with Gasteiger partial charge < -0.3 is 10.5 Å². The lowest BCUT2D eigenvalue weighted by molar-refractivity contribution is 0.415. The molecule has 90 valence electrons. The summed E-state index contributed by atoms with van der Waals surface area (Å²) in [5.41, 5.74) is 8.68. The van der Waals surface area contributed by atoms with E-state index in [0.29, 0.717) is 6.54 Å². The molecule has 2 aromatic rings. The molecule has 2 rings (SSSR count). The lowest BCUT2D eigenvalue weighted by atomic mass is 10.1. The fourth-order valence-electron chi connectivity index (χ4n) is 1.63. The maximum Gasteiger partial charge on any atom is 0.118 e. The fraction of sp³-hybridized carbons (Fsp3) is 0.125.